The zero-order chi connectivity index (χ0) is 10.8. The third-order valence-corrected chi connectivity index (χ3v) is 5.30. The van der Waals surface area contributed by atoms with E-state index in [1.807, 2.05) is 0 Å². The van der Waals surface area contributed by atoms with Gasteiger partial charge >= 0.3 is 0 Å². The van der Waals surface area contributed by atoms with Gasteiger partial charge in [-0.05, 0) is 56.8 Å². The lowest BCUT2D eigenvalue weighted by molar-refractivity contribution is 0.0382. The van der Waals surface area contributed by atoms with Gasteiger partial charge in [0.25, 0.3) is 0 Å². The molecule has 0 N–H and O–H groups in total. The number of rotatable bonds is 2. The SMILES string of the molecule is CC(C)C1C2CC(CC23CC3)N1C(C)C. The van der Waals surface area contributed by atoms with Gasteiger partial charge < -0.3 is 0 Å². The number of hydrogen-bond donors (Lipinski definition) is 0. The topological polar surface area (TPSA) is 3.24 Å². The molecule has 1 aliphatic heterocycles. The molecule has 0 aromatic rings. The lowest BCUT2D eigenvalue weighted by Gasteiger charge is -2.44. The summed E-state index contributed by atoms with van der Waals surface area (Å²) in [5.74, 6) is 1.89. The van der Waals surface area contributed by atoms with Crippen LogP contribution >= 0.6 is 0 Å². The van der Waals surface area contributed by atoms with Crippen LogP contribution in [0.4, 0.5) is 0 Å². The van der Waals surface area contributed by atoms with E-state index in [0.29, 0.717) is 0 Å². The van der Waals surface area contributed by atoms with Crippen LogP contribution in [-0.4, -0.2) is 23.0 Å². The first-order chi connectivity index (χ1) is 7.05. The van der Waals surface area contributed by atoms with Gasteiger partial charge in [0.2, 0.25) is 0 Å². The molecule has 3 atom stereocenters. The molecule has 1 spiro atoms. The molecule has 0 aromatic heterocycles. The molecule has 2 aliphatic carbocycles. The van der Waals surface area contributed by atoms with E-state index < -0.39 is 0 Å². The maximum absolute atomic E-state index is 2.85. The van der Waals surface area contributed by atoms with E-state index in [4.69, 9.17) is 0 Å². The summed E-state index contributed by atoms with van der Waals surface area (Å²) in [5.41, 5.74) is 0.838. The molecule has 2 saturated carbocycles. The summed E-state index contributed by atoms with van der Waals surface area (Å²) in [7, 11) is 0. The summed E-state index contributed by atoms with van der Waals surface area (Å²) in [5, 5.41) is 0. The van der Waals surface area contributed by atoms with Gasteiger partial charge in [0, 0.05) is 18.1 Å². The Morgan fingerprint density at radius 1 is 1.13 bits per heavy atom. The van der Waals surface area contributed by atoms with E-state index in [0.717, 1.165) is 35.4 Å². The summed E-state index contributed by atoms with van der Waals surface area (Å²) in [6.07, 6.45) is 6.13. The van der Waals surface area contributed by atoms with Crippen LogP contribution in [0, 0.1) is 17.3 Å². The van der Waals surface area contributed by atoms with Gasteiger partial charge in [-0.2, -0.15) is 0 Å². The average Bonchev–Trinajstić information content (AvgIpc) is 2.68. The van der Waals surface area contributed by atoms with E-state index in [9.17, 15) is 0 Å². The van der Waals surface area contributed by atoms with Crippen LogP contribution in [0.2, 0.25) is 0 Å². The minimum absolute atomic E-state index is 0.753. The summed E-state index contributed by atoms with van der Waals surface area (Å²) < 4.78 is 0. The van der Waals surface area contributed by atoms with E-state index in [1.165, 1.54) is 12.8 Å². The third kappa shape index (κ3) is 1.25. The maximum Gasteiger partial charge on any atom is 0.0158 e. The molecule has 3 unspecified atom stereocenters. The van der Waals surface area contributed by atoms with Crippen LogP contribution in [-0.2, 0) is 0 Å². The Morgan fingerprint density at radius 2 is 1.80 bits per heavy atom. The minimum Gasteiger partial charge on any atom is -0.294 e. The predicted octanol–water partition coefficient (Wildman–Crippen LogP) is 3.29. The number of hydrogen-bond acceptors (Lipinski definition) is 1. The molecule has 86 valence electrons. The van der Waals surface area contributed by atoms with E-state index >= 15 is 0 Å². The number of fused-ring (bicyclic) bond motifs is 3. The van der Waals surface area contributed by atoms with Gasteiger partial charge in [0.05, 0.1) is 0 Å². The van der Waals surface area contributed by atoms with Crippen molar-refractivity contribution in [3.63, 3.8) is 0 Å². The minimum atomic E-state index is 0.753. The Labute approximate surface area is 94.2 Å². The van der Waals surface area contributed by atoms with Crippen molar-refractivity contribution in [2.24, 2.45) is 17.3 Å². The molecule has 2 bridgehead atoms. The van der Waals surface area contributed by atoms with Crippen molar-refractivity contribution in [3.8, 4) is 0 Å². The largest absolute Gasteiger partial charge is 0.294 e. The fourth-order valence-corrected chi connectivity index (χ4v) is 4.74. The lowest BCUT2D eigenvalue weighted by Crippen LogP contribution is -2.50. The first kappa shape index (κ1) is 10.1. The van der Waals surface area contributed by atoms with Gasteiger partial charge in [-0.15, -0.1) is 0 Å². The van der Waals surface area contributed by atoms with Crippen molar-refractivity contribution in [2.75, 3.05) is 0 Å². The highest BCUT2D eigenvalue weighted by atomic mass is 15.3. The molecule has 0 radical (unpaired) electrons. The van der Waals surface area contributed by atoms with Crippen molar-refractivity contribution < 1.29 is 0 Å². The van der Waals surface area contributed by atoms with Gasteiger partial charge in [0.1, 0.15) is 0 Å². The molecule has 1 heteroatoms. The Balaban J connectivity index is 1.88. The molecule has 0 amide bonds. The van der Waals surface area contributed by atoms with Gasteiger partial charge in [-0.3, -0.25) is 4.90 Å². The van der Waals surface area contributed by atoms with Gasteiger partial charge in [-0.25, -0.2) is 0 Å². The molecule has 15 heavy (non-hydrogen) atoms. The Kier molecular flexibility index (Phi) is 2.03. The Bertz CT molecular complexity index is 263. The van der Waals surface area contributed by atoms with Crippen molar-refractivity contribution >= 4 is 0 Å². The number of likely N-dealkylation sites (tertiary alicyclic amines) is 1. The molecule has 1 nitrogen and oxygen atoms in total. The maximum atomic E-state index is 2.85. The lowest BCUT2D eigenvalue weighted by atomic mass is 9.79. The second-order valence-corrected chi connectivity index (χ2v) is 6.84. The number of piperidine rings is 1. The first-order valence-electron chi connectivity index (χ1n) is 6.82. The molecule has 3 fully saturated rings. The third-order valence-electron chi connectivity index (χ3n) is 5.30. The van der Waals surface area contributed by atoms with Crippen LogP contribution in [0.5, 0.6) is 0 Å². The van der Waals surface area contributed by atoms with Crippen LogP contribution in [0.25, 0.3) is 0 Å². The van der Waals surface area contributed by atoms with Crippen LogP contribution < -0.4 is 0 Å². The molecular weight excluding hydrogens is 182 g/mol. The Hall–Kier alpha value is -0.0400. The highest BCUT2D eigenvalue weighted by Gasteiger charge is 2.64. The van der Waals surface area contributed by atoms with Crippen molar-refractivity contribution in [2.45, 2.75) is 71.5 Å². The van der Waals surface area contributed by atoms with Crippen LogP contribution in [0.1, 0.15) is 53.4 Å². The van der Waals surface area contributed by atoms with E-state index in [2.05, 4.69) is 32.6 Å². The first-order valence-corrected chi connectivity index (χ1v) is 6.82. The highest BCUT2D eigenvalue weighted by molar-refractivity contribution is 5.16. The zero-order valence-electron chi connectivity index (χ0n) is 10.7. The smallest absolute Gasteiger partial charge is 0.0158 e. The van der Waals surface area contributed by atoms with Crippen molar-refractivity contribution in [1.82, 2.24) is 4.90 Å². The van der Waals surface area contributed by atoms with Crippen LogP contribution in [0.3, 0.4) is 0 Å². The average molecular weight is 207 g/mol. The summed E-state index contributed by atoms with van der Waals surface area (Å²) in [4.78, 5) is 2.85. The molecule has 1 saturated heterocycles. The second-order valence-electron chi connectivity index (χ2n) is 6.84. The Morgan fingerprint density at radius 3 is 2.27 bits per heavy atom. The summed E-state index contributed by atoms with van der Waals surface area (Å²) in [6.45, 7) is 9.62. The fraction of sp³-hybridized carbons (Fsp3) is 1.00. The molecule has 3 aliphatic rings. The van der Waals surface area contributed by atoms with Crippen molar-refractivity contribution in [3.05, 3.63) is 0 Å². The second kappa shape index (κ2) is 3.00. The standard InChI is InChI=1S/C14H25N/c1-9(2)13-12-7-11(15(13)10(3)4)8-14(12)5-6-14/h9-13H,5-8H2,1-4H3. The van der Waals surface area contributed by atoms with E-state index in [-0.39, 0.29) is 0 Å². The molecule has 1 heterocycles. The van der Waals surface area contributed by atoms with Crippen molar-refractivity contribution in [1.29, 1.82) is 0 Å². The quantitative estimate of drug-likeness (QED) is 0.671. The highest BCUT2D eigenvalue weighted by Crippen LogP contribution is 2.68. The number of nitrogens with zero attached hydrogens (tertiary/aromatic N) is 1. The summed E-state index contributed by atoms with van der Waals surface area (Å²) >= 11 is 0. The molecule has 0 aromatic carbocycles. The fourth-order valence-electron chi connectivity index (χ4n) is 4.74. The van der Waals surface area contributed by atoms with Gasteiger partial charge in [-0.1, -0.05) is 13.8 Å². The monoisotopic (exact) mass is 207 g/mol. The van der Waals surface area contributed by atoms with Crippen LogP contribution in [0.15, 0.2) is 0 Å². The predicted molar refractivity (Wildman–Crippen MR) is 63.8 cm³/mol. The van der Waals surface area contributed by atoms with E-state index in [1.54, 1.807) is 12.8 Å². The molecule has 3 rings (SSSR count). The summed E-state index contributed by atoms with van der Waals surface area (Å²) in [6, 6.07) is 2.58. The normalized spacial score (nSPS) is 42.4. The zero-order valence-corrected chi connectivity index (χ0v) is 10.7. The van der Waals surface area contributed by atoms with Gasteiger partial charge in [0.15, 0.2) is 0 Å². The molecular formula is C14H25N.